The first-order valence-corrected chi connectivity index (χ1v) is 3.31. The molecular formula is C4H2N4OS. The van der Waals surface area contributed by atoms with E-state index in [2.05, 4.69) is 19.8 Å². The fraction of sp³-hybridized carbons (Fsp3) is 0. The fourth-order valence-electron chi connectivity index (χ4n) is 0.638. The van der Waals surface area contributed by atoms with Crippen LogP contribution in [0.2, 0.25) is 0 Å². The zero-order valence-electron chi connectivity index (χ0n) is 4.74. The van der Waals surface area contributed by atoms with Crippen molar-refractivity contribution in [3.8, 4) is 0 Å². The Kier molecular flexibility index (Phi) is 1.01. The van der Waals surface area contributed by atoms with Gasteiger partial charge in [0.05, 0.1) is 6.20 Å². The van der Waals surface area contributed by atoms with E-state index in [0.717, 1.165) is 11.5 Å². The van der Waals surface area contributed by atoms with Crippen LogP contribution >= 0.6 is 11.5 Å². The van der Waals surface area contributed by atoms with Crippen molar-refractivity contribution in [2.75, 3.05) is 0 Å². The van der Waals surface area contributed by atoms with Gasteiger partial charge in [0, 0.05) is 0 Å². The Labute approximate surface area is 58.9 Å². The molecule has 2 aromatic heterocycles. The Hall–Kier alpha value is -1.30. The van der Waals surface area contributed by atoms with Crippen LogP contribution in [-0.4, -0.2) is 19.8 Å². The van der Waals surface area contributed by atoms with E-state index in [0.29, 0.717) is 10.2 Å². The van der Waals surface area contributed by atoms with Gasteiger partial charge in [0.1, 0.15) is 10.2 Å². The van der Waals surface area contributed by atoms with E-state index in [1.807, 2.05) is 0 Å². The molecule has 0 aliphatic heterocycles. The van der Waals surface area contributed by atoms with Gasteiger partial charge in [-0.3, -0.25) is 4.79 Å². The molecule has 5 nitrogen and oxygen atoms in total. The summed E-state index contributed by atoms with van der Waals surface area (Å²) in [7, 11) is 0. The molecule has 10 heavy (non-hydrogen) atoms. The van der Waals surface area contributed by atoms with Gasteiger partial charge in [-0.1, -0.05) is 5.21 Å². The second-order valence-corrected chi connectivity index (χ2v) is 2.48. The first kappa shape index (κ1) is 5.48. The topological polar surface area (TPSA) is 71.5 Å². The molecule has 2 rings (SSSR count). The summed E-state index contributed by atoms with van der Waals surface area (Å²) in [5.74, 6) is 0. The molecule has 1 N–H and O–H groups in total. The molecule has 0 bridgehead atoms. The molecule has 2 aromatic rings. The van der Waals surface area contributed by atoms with Crippen LogP contribution in [0, 0.1) is 0 Å². The number of hydrogen-bond acceptors (Lipinski definition) is 5. The second kappa shape index (κ2) is 1.84. The highest BCUT2D eigenvalue weighted by Crippen LogP contribution is 2.06. The molecule has 0 unspecified atom stereocenters. The Morgan fingerprint density at radius 2 is 2.50 bits per heavy atom. The van der Waals surface area contributed by atoms with Gasteiger partial charge in [0.2, 0.25) is 0 Å². The zero-order chi connectivity index (χ0) is 6.97. The van der Waals surface area contributed by atoms with Gasteiger partial charge in [-0.2, -0.15) is 4.37 Å². The molecule has 0 aromatic carbocycles. The van der Waals surface area contributed by atoms with Crippen molar-refractivity contribution in [1.82, 2.24) is 19.8 Å². The van der Waals surface area contributed by atoms with Gasteiger partial charge in [0.15, 0.2) is 0 Å². The molecule has 2 heterocycles. The lowest BCUT2D eigenvalue weighted by Crippen LogP contribution is -2.07. The quantitative estimate of drug-likeness (QED) is 0.569. The molecule has 50 valence electrons. The van der Waals surface area contributed by atoms with Crippen LogP contribution in [0.3, 0.4) is 0 Å². The van der Waals surface area contributed by atoms with Crippen LogP contribution in [0.4, 0.5) is 0 Å². The van der Waals surface area contributed by atoms with Crippen molar-refractivity contribution in [1.29, 1.82) is 0 Å². The number of nitrogens with one attached hydrogen (secondary N) is 1. The Balaban J connectivity index is 3.09. The average Bonchev–Trinajstić information content (AvgIpc) is 2.36. The van der Waals surface area contributed by atoms with Crippen molar-refractivity contribution >= 4 is 21.7 Å². The van der Waals surface area contributed by atoms with Gasteiger partial charge in [0.25, 0.3) is 5.56 Å². The van der Waals surface area contributed by atoms with E-state index in [1.165, 1.54) is 6.20 Å². The van der Waals surface area contributed by atoms with Gasteiger partial charge < -0.3 is 0 Å². The molecular weight excluding hydrogens is 152 g/mol. The van der Waals surface area contributed by atoms with Crippen LogP contribution in [-0.2, 0) is 0 Å². The SMILES string of the molecule is O=c1[nH]nnc2cnsc12. The maximum atomic E-state index is 10.9. The summed E-state index contributed by atoms with van der Waals surface area (Å²) in [5.41, 5.74) is 0.321. The van der Waals surface area contributed by atoms with Crippen molar-refractivity contribution < 1.29 is 0 Å². The number of aromatic amines is 1. The number of hydrogen-bond donors (Lipinski definition) is 1. The van der Waals surface area contributed by atoms with Crippen LogP contribution < -0.4 is 5.56 Å². The number of aromatic nitrogens is 4. The van der Waals surface area contributed by atoms with Crippen molar-refractivity contribution in [3.05, 3.63) is 16.6 Å². The monoisotopic (exact) mass is 154 g/mol. The molecule has 0 saturated heterocycles. The summed E-state index contributed by atoms with van der Waals surface area (Å²) in [5, 5.41) is 9.22. The highest BCUT2D eigenvalue weighted by Gasteiger charge is 1.99. The van der Waals surface area contributed by atoms with Crippen LogP contribution in [0.5, 0.6) is 0 Å². The minimum Gasteiger partial charge on any atom is -0.266 e. The molecule has 0 atom stereocenters. The fourth-order valence-corrected chi connectivity index (χ4v) is 1.21. The normalized spacial score (nSPS) is 10.4. The van der Waals surface area contributed by atoms with E-state index >= 15 is 0 Å². The summed E-state index contributed by atoms with van der Waals surface area (Å²) in [6.45, 7) is 0. The highest BCUT2D eigenvalue weighted by atomic mass is 32.1. The summed E-state index contributed by atoms with van der Waals surface area (Å²) >= 11 is 1.12. The first-order valence-electron chi connectivity index (χ1n) is 2.53. The van der Waals surface area contributed by atoms with Gasteiger partial charge in [-0.25, -0.2) is 5.10 Å². The lowest BCUT2D eigenvalue weighted by Gasteiger charge is -1.79. The van der Waals surface area contributed by atoms with E-state index < -0.39 is 0 Å². The molecule has 0 aliphatic rings. The summed E-state index contributed by atoms with van der Waals surface area (Å²) < 4.78 is 4.30. The number of rotatable bonds is 0. The predicted molar refractivity (Wildman–Crippen MR) is 35.8 cm³/mol. The van der Waals surface area contributed by atoms with E-state index in [-0.39, 0.29) is 5.56 Å². The van der Waals surface area contributed by atoms with Crippen molar-refractivity contribution in [2.45, 2.75) is 0 Å². The van der Waals surface area contributed by atoms with Gasteiger partial charge >= 0.3 is 0 Å². The molecule has 0 radical (unpaired) electrons. The largest absolute Gasteiger partial charge is 0.286 e. The third kappa shape index (κ3) is 0.623. The van der Waals surface area contributed by atoms with E-state index in [1.54, 1.807) is 0 Å². The van der Waals surface area contributed by atoms with Crippen LogP contribution in [0.1, 0.15) is 0 Å². The number of nitrogens with zero attached hydrogens (tertiary/aromatic N) is 3. The number of fused-ring (bicyclic) bond motifs is 1. The summed E-state index contributed by atoms with van der Waals surface area (Å²) in [6.07, 6.45) is 1.52. The minimum atomic E-state index is -0.229. The standard InChI is InChI=1S/C4H2N4OS/c9-4-3-2(1-5-10-3)6-8-7-4/h1H,(H,6,7,9). The van der Waals surface area contributed by atoms with E-state index in [9.17, 15) is 4.79 Å². The first-order chi connectivity index (χ1) is 4.88. The highest BCUT2D eigenvalue weighted by molar-refractivity contribution is 7.13. The van der Waals surface area contributed by atoms with Gasteiger partial charge in [-0.05, 0) is 11.5 Å². The Morgan fingerprint density at radius 3 is 3.30 bits per heavy atom. The van der Waals surface area contributed by atoms with Crippen LogP contribution in [0.25, 0.3) is 10.2 Å². The molecule has 0 fully saturated rings. The van der Waals surface area contributed by atoms with Crippen LogP contribution in [0.15, 0.2) is 11.0 Å². The third-order valence-electron chi connectivity index (χ3n) is 1.07. The molecule has 0 spiro atoms. The number of H-pyrrole nitrogens is 1. The average molecular weight is 154 g/mol. The van der Waals surface area contributed by atoms with Gasteiger partial charge in [-0.15, -0.1) is 5.10 Å². The zero-order valence-corrected chi connectivity index (χ0v) is 5.55. The second-order valence-electron chi connectivity index (χ2n) is 1.68. The van der Waals surface area contributed by atoms with Crippen molar-refractivity contribution in [3.63, 3.8) is 0 Å². The maximum Gasteiger partial charge on any atom is 0.286 e. The van der Waals surface area contributed by atoms with E-state index in [4.69, 9.17) is 0 Å². The molecule has 0 aliphatic carbocycles. The predicted octanol–water partition coefficient (Wildman–Crippen LogP) is -0.225. The smallest absolute Gasteiger partial charge is 0.266 e. The van der Waals surface area contributed by atoms with Crippen molar-refractivity contribution in [2.24, 2.45) is 0 Å². The molecule has 0 saturated carbocycles. The third-order valence-corrected chi connectivity index (χ3v) is 1.86. The lowest BCUT2D eigenvalue weighted by molar-refractivity contribution is 0.875. The molecule has 0 amide bonds. The minimum absolute atomic E-state index is 0.229. The maximum absolute atomic E-state index is 10.9. The summed E-state index contributed by atoms with van der Waals surface area (Å²) in [6, 6.07) is 0. The lowest BCUT2D eigenvalue weighted by atomic mass is 10.5. The Bertz CT molecular complexity index is 405. The molecule has 6 heteroatoms. The summed E-state index contributed by atoms with van der Waals surface area (Å²) in [4.78, 5) is 10.9. The Morgan fingerprint density at radius 1 is 1.60 bits per heavy atom.